The highest BCUT2D eigenvalue weighted by molar-refractivity contribution is 6.45. The molecular formula is C22H17Cl2FN6O2. The number of halogens is 3. The second-order valence-electron chi connectivity index (χ2n) is 8.39. The van der Waals surface area contributed by atoms with Gasteiger partial charge >= 0.3 is 0 Å². The van der Waals surface area contributed by atoms with Crippen LogP contribution >= 0.6 is 23.2 Å². The van der Waals surface area contributed by atoms with Crippen molar-refractivity contribution < 1.29 is 13.9 Å². The summed E-state index contributed by atoms with van der Waals surface area (Å²) in [5.41, 5.74) is 0.963. The van der Waals surface area contributed by atoms with Crippen LogP contribution < -0.4 is 0 Å². The molecule has 3 aliphatic heterocycles. The van der Waals surface area contributed by atoms with Gasteiger partial charge in [0.05, 0.1) is 41.1 Å². The number of amides is 1. The number of likely N-dealkylation sites (tertiary alicyclic amines) is 1. The predicted octanol–water partition coefficient (Wildman–Crippen LogP) is 3.64. The van der Waals surface area contributed by atoms with E-state index in [-0.39, 0.29) is 38.8 Å². The van der Waals surface area contributed by atoms with Gasteiger partial charge in [0.25, 0.3) is 5.91 Å². The molecule has 0 aliphatic carbocycles. The maximum Gasteiger partial charge on any atom is 0.293 e. The van der Waals surface area contributed by atoms with Gasteiger partial charge in [-0.15, -0.1) is 5.10 Å². The number of benzene rings is 1. The Morgan fingerprint density at radius 3 is 2.76 bits per heavy atom. The van der Waals surface area contributed by atoms with Gasteiger partial charge in [-0.1, -0.05) is 23.2 Å². The minimum atomic E-state index is -0.560. The van der Waals surface area contributed by atoms with Crippen LogP contribution in [0.25, 0.3) is 5.69 Å². The first-order chi connectivity index (χ1) is 15.9. The normalized spacial score (nSPS) is 20.3. The van der Waals surface area contributed by atoms with Gasteiger partial charge in [0.2, 0.25) is 5.82 Å². The summed E-state index contributed by atoms with van der Waals surface area (Å²) in [6, 6.07) is 5.56. The molecule has 1 spiro atoms. The molecule has 11 heteroatoms. The maximum atomic E-state index is 14.7. The monoisotopic (exact) mass is 486 g/mol. The average molecular weight is 487 g/mol. The molecule has 6 rings (SSSR count). The van der Waals surface area contributed by atoms with Crippen molar-refractivity contribution in [3.63, 3.8) is 0 Å². The van der Waals surface area contributed by atoms with Crippen molar-refractivity contribution in [2.45, 2.75) is 25.0 Å². The van der Waals surface area contributed by atoms with E-state index in [1.54, 1.807) is 24.0 Å². The molecule has 1 aromatic carbocycles. The predicted molar refractivity (Wildman–Crippen MR) is 119 cm³/mol. The lowest BCUT2D eigenvalue weighted by Crippen LogP contribution is -2.69. The lowest BCUT2D eigenvalue weighted by atomic mass is 9.86. The summed E-state index contributed by atoms with van der Waals surface area (Å²) in [5.74, 6) is -0.325. The number of hydrogen-bond donors (Lipinski definition) is 0. The number of pyridine rings is 1. The van der Waals surface area contributed by atoms with Crippen molar-refractivity contribution in [1.29, 1.82) is 0 Å². The summed E-state index contributed by atoms with van der Waals surface area (Å²) < 4.78 is 21.8. The van der Waals surface area contributed by atoms with Crippen molar-refractivity contribution in [1.82, 2.24) is 24.6 Å². The molecule has 168 valence electrons. The highest BCUT2D eigenvalue weighted by Crippen LogP contribution is 2.38. The lowest BCUT2D eigenvalue weighted by Gasteiger charge is -2.54. The SMILES string of the molecule is C[C@@H]1N=C(c2ncccc2F)c2c(ccc(Cl)c2Cl)-n2nc(C(=O)N3CC4(CCO4)C3)nc21. The van der Waals surface area contributed by atoms with Gasteiger partial charge in [0, 0.05) is 18.2 Å². The standard InChI is InChI=1S/C22H17Cl2FN6O2/c1-11-20-28-19(21(32)30-9-22(10-30)6-8-33-22)29-31(20)14-5-4-12(23)16(24)15(14)18(27-11)17-13(25)3-2-7-26-17/h2-5,7,11H,6,8-10H2,1H3/t11-/m0/s1. The number of carbonyl (C=O) groups is 1. The second-order valence-corrected chi connectivity index (χ2v) is 9.18. The van der Waals surface area contributed by atoms with Crippen molar-refractivity contribution in [2.24, 2.45) is 4.99 Å². The van der Waals surface area contributed by atoms with Crippen molar-refractivity contribution >= 4 is 34.8 Å². The van der Waals surface area contributed by atoms with E-state index >= 15 is 0 Å². The Hall–Kier alpha value is -2.88. The van der Waals surface area contributed by atoms with Gasteiger partial charge in [0.15, 0.2) is 11.6 Å². The van der Waals surface area contributed by atoms with E-state index in [2.05, 4.69) is 15.1 Å². The van der Waals surface area contributed by atoms with Crippen LogP contribution in [0.15, 0.2) is 35.5 Å². The van der Waals surface area contributed by atoms with Crippen molar-refractivity contribution in [3.8, 4) is 5.69 Å². The van der Waals surface area contributed by atoms with Crippen LogP contribution in [-0.4, -0.2) is 61.6 Å². The van der Waals surface area contributed by atoms with E-state index in [0.717, 1.165) is 13.0 Å². The molecule has 0 bridgehead atoms. The van der Waals surface area contributed by atoms with Crippen LogP contribution in [0.5, 0.6) is 0 Å². The van der Waals surface area contributed by atoms with Gasteiger partial charge in [-0.05, 0) is 31.2 Å². The van der Waals surface area contributed by atoms with E-state index in [9.17, 15) is 9.18 Å². The first-order valence-corrected chi connectivity index (χ1v) is 11.2. The first kappa shape index (κ1) is 20.7. The molecule has 1 atom stereocenters. The van der Waals surface area contributed by atoms with E-state index in [0.29, 0.717) is 30.2 Å². The van der Waals surface area contributed by atoms with E-state index < -0.39 is 11.9 Å². The zero-order valence-corrected chi connectivity index (χ0v) is 18.9. The van der Waals surface area contributed by atoms with E-state index in [1.165, 1.54) is 23.0 Å². The smallest absolute Gasteiger partial charge is 0.293 e. The van der Waals surface area contributed by atoms with Crippen LogP contribution in [0.1, 0.15) is 47.1 Å². The van der Waals surface area contributed by atoms with Crippen LogP contribution in [0.3, 0.4) is 0 Å². The Bertz CT molecular complexity index is 1340. The highest BCUT2D eigenvalue weighted by Gasteiger charge is 2.51. The molecule has 5 heterocycles. The summed E-state index contributed by atoms with van der Waals surface area (Å²) in [4.78, 5) is 28.1. The topological polar surface area (TPSA) is 85.5 Å². The van der Waals surface area contributed by atoms with Crippen LogP contribution in [0.2, 0.25) is 10.0 Å². The molecule has 0 radical (unpaired) electrons. The summed E-state index contributed by atoms with van der Waals surface area (Å²) in [6.45, 7) is 3.58. The zero-order valence-electron chi connectivity index (χ0n) is 17.4. The molecule has 2 aromatic heterocycles. The third kappa shape index (κ3) is 3.10. The summed E-state index contributed by atoms with van der Waals surface area (Å²) >= 11 is 12.9. The number of carbonyl (C=O) groups excluding carboxylic acids is 1. The fraction of sp³-hybridized carbons (Fsp3) is 0.318. The Morgan fingerprint density at radius 2 is 2.06 bits per heavy atom. The van der Waals surface area contributed by atoms with E-state index in [4.69, 9.17) is 32.9 Å². The molecule has 8 nitrogen and oxygen atoms in total. The molecule has 0 saturated carbocycles. The number of hydrogen-bond acceptors (Lipinski definition) is 6. The first-order valence-electron chi connectivity index (χ1n) is 10.4. The number of rotatable bonds is 2. The molecule has 2 fully saturated rings. The summed E-state index contributed by atoms with van der Waals surface area (Å²) in [7, 11) is 0. The van der Waals surface area contributed by atoms with Crippen LogP contribution in [-0.2, 0) is 4.74 Å². The fourth-order valence-electron chi connectivity index (χ4n) is 4.43. The maximum absolute atomic E-state index is 14.7. The number of aliphatic imine (C=N–C) groups is 1. The van der Waals surface area contributed by atoms with Gasteiger partial charge < -0.3 is 9.64 Å². The second kappa shape index (κ2) is 7.31. The number of aromatic nitrogens is 4. The minimum absolute atomic E-state index is 0.0446. The summed E-state index contributed by atoms with van der Waals surface area (Å²) in [5, 5.41) is 4.97. The van der Waals surface area contributed by atoms with Gasteiger partial charge in [0.1, 0.15) is 17.3 Å². The average Bonchev–Trinajstić information content (AvgIpc) is 3.14. The number of nitrogens with zero attached hydrogens (tertiary/aromatic N) is 6. The molecular weight excluding hydrogens is 470 g/mol. The lowest BCUT2D eigenvalue weighted by molar-refractivity contribution is -0.209. The van der Waals surface area contributed by atoms with Crippen LogP contribution in [0.4, 0.5) is 4.39 Å². The third-order valence-corrected chi connectivity index (χ3v) is 7.06. The Labute approximate surface area is 198 Å². The molecule has 3 aliphatic rings. The Balaban J connectivity index is 1.47. The van der Waals surface area contributed by atoms with Crippen LogP contribution in [0, 0.1) is 5.82 Å². The summed E-state index contributed by atoms with van der Waals surface area (Å²) in [6.07, 6.45) is 2.43. The fourth-order valence-corrected chi connectivity index (χ4v) is 4.84. The molecule has 1 amide bonds. The molecule has 3 aromatic rings. The zero-order chi connectivity index (χ0) is 22.9. The largest absolute Gasteiger partial charge is 0.371 e. The third-order valence-electron chi connectivity index (χ3n) is 6.25. The quantitative estimate of drug-likeness (QED) is 0.551. The number of fused-ring (bicyclic) bond motifs is 3. The molecule has 2 saturated heterocycles. The highest BCUT2D eigenvalue weighted by atomic mass is 35.5. The van der Waals surface area contributed by atoms with E-state index in [1.807, 2.05) is 0 Å². The van der Waals surface area contributed by atoms with Gasteiger partial charge in [-0.25, -0.2) is 14.1 Å². The molecule has 0 N–H and O–H groups in total. The molecule has 33 heavy (non-hydrogen) atoms. The Morgan fingerprint density at radius 1 is 1.27 bits per heavy atom. The minimum Gasteiger partial charge on any atom is -0.371 e. The molecule has 0 unspecified atom stereocenters. The van der Waals surface area contributed by atoms with Gasteiger partial charge in [-0.3, -0.25) is 14.8 Å². The van der Waals surface area contributed by atoms with Gasteiger partial charge in [-0.2, -0.15) is 0 Å². The Kier molecular flexibility index (Phi) is 4.59. The number of ether oxygens (including phenoxy) is 1. The van der Waals surface area contributed by atoms with Crippen molar-refractivity contribution in [2.75, 3.05) is 19.7 Å². The van der Waals surface area contributed by atoms with Crippen molar-refractivity contribution in [3.05, 3.63) is 69.2 Å².